The molecule has 0 aromatic rings. The lowest BCUT2D eigenvalue weighted by Crippen LogP contribution is -2.52. The molecule has 1 heterocycles. The number of rotatable bonds is 2. The van der Waals surface area contributed by atoms with E-state index in [1.165, 1.54) is 19.3 Å². The third-order valence-electron chi connectivity index (χ3n) is 4.48. The quantitative estimate of drug-likeness (QED) is 0.757. The standard InChI is InChI=1S/C13H25NO/c1-4-12-11(10(2)3)5-6-13(12)9-14-7-8-15-13/h10-12,14H,4-9H2,1-3H3. The molecule has 1 aliphatic heterocycles. The van der Waals surface area contributed by atoms with E-state index in [-0.39, 0.29) is 5.60 Å². The molecular formula is C13H25NO. The number of hydrogen-bond acceptors (Lipinski definition) is 2. The molecule has 1 N–H and O–H groups in total. The van der Waals surface area contributed by atoms with Crippen molar-refractivity contribution in [2.75, 3.05) is 19.7 Å². The molecule has 2 fully saturated rings. The van der Waals surface area contributed by atoms with E-state index in [0.717, 1.165) is 37.5 Å². The minimum absolute atomic E-state index is 0.182. The highest BCUT2D eigenvalue weighted by atomic mass is 16.5. The summed E-state index contributed by atoms with van der Waals surface area (Å²) in [4.78, 5) is 0. The van der Waals surface area contributed by atoms with Crippen molar-refractivity contribution in [3.05, 3.63) is 0 Å². The van der Waals surface area contributed by atoms with E-state index in [9.17, 15) is 0 Å². The van der Waals surface area contributed by atoms with Crippen molar-refractivity contribution in [1.82, 2.24) is 5.32 Å². The van der Waals surface area contributed by atoms with Gasteiger partial charge in [-0.2, -0.15) is 0 Å². The van der Waals surface area contributed by atoms with Crippen molar-refractivity contribution >= 4 is 0 Å². The molecule has 88 valence electrons. The third kappa shape index (κ3) is 1.94. The smallest absolute Gasteiger partial charge is 0.0837 e. The van der Waals surface area contributed by atoms with E-state index in [2.05, 4.69) is 26.1 Å². The Balaban J connectivity index is 2.12. The first-order chi connectivity index (χ1) is 7.19. The number of nitrogens with one attached hydrogen (secondary N) is 1. The normalized spacial score (nSPS) is 41.6. The summed E-state index contributed by atoms with van der Waals surface area (Å²) in [7, 11) is 0. The third-order valence-corrected chi connectivity index (χ3v) is 4.48. The largest absolute Gasteiger partial charge is 0.372 e. The minimum Gasteiger partial charge on any atom is -0.372 e. The Kier molecular flexibility index (Phi) is 3.36. The first-order valence-electron chi connectivity index (χ1n) is 6.54. The lowest BCUT2D eigenvalue weighted by atomic mass is 9.78. The molecule has 2 rings (SSSR count). The van der Waals surface area contributed by atoms with Gasteiger partial charge in [0.05, 0.1) is 12.2 Å². The van der Waals surface area contributed by atoms with Gasteiger partial charge in [0.25, 0.3) is 0 Å². The molecule has 1 saturated carbocycles. The van der Waals surface area contributed by atoms with Gasteiger partial charge in [0, 0.05) is 13.1 Å². The van der Waals surface area contributed by atoms with Crippen LogP contribution in [0.3, 0.4) is 0 Å². The fraction of sp³-hybridized carbons (Fsp3) is 1.00. The van der Waals surface area contributed by atoms with Crippen LogP contribution in [-0.4, -0.2) is 25.3 Å². The zero-order valence-corrected chi connectivity index (χ0v) is 10.4. The van der Waals surface area contributed by atoms with Gasteiger partial charge < -0.3 is 10.1 Å². The molecule has 0 radical (unpaired) electrons. The van der Waals surface area contributed by atoms with Crippen LogP contribution < -0.4 is 5.32 Å². The average Bonchev–Trinajstić information content (AvgIpc) is 2.58. The number of ether oxygens (including phenoxy) is 1. The maximum absolute atomic E-state index is 6.15. The highest BCUT2D eigenvalue weighted by Gasteiger charge is 2.49. The summed E-state index contributed by atoms with van der Waals surface area (Å²) in [6.07, 6.45) is 3.89. The lowest BCUT2D eigenvalue weighted by Gasteiger charge is -2.41. The van der Waals surface area contributed by atoms with Crippen LogP contribution >= 0.6 is 0 Å². The van der Waals surface area contributed by atoms with Crippen molar-refractivity contribution in [3.8, 4) is 0 Å². The molecule has 2 heteroatoms. The fourth-order valence-corrected chi connectivity index (χ4v) is 3.74. The monoisotopic (exact) mass is 211 g/mol. The predicted molar refractivity (Wildman–Crippen MR) is 62.9 cm³/mol. The van der Waals surface area contributed by atoms with E-state index >= 15 is 0 Å². The Bertz CT molecular complexity index is 209. The molecule has 0 aromatic carbocycles. The molecule has 1 spiro atoms. The highest BCUT2D eigenvalue weighted by molar-refractivity contribution is 5.01. The minimum atomic E-state index is 0.182. The molecule has 0 bridgehead atoms. The summed E-state index contributed by atoms with van der Waals surface area (Å²) in [5, 5.41) is 3.52. The van der Waals surface area contributed by atoms with Crippen LogP contribution in [0.15, 0.2) is 0 Å². The van der Waals surface area contributed by atoms with Crippen molar-refractivity contribution in [1.29, 1.82) is 0 Å². The topological polar surface area (TPSA) is 21.3 Å². The Morgan fingerprint density at radius 2 is 2.27 bits per heavy atom. The average molecular weight is 211 g/mol. The van der Waals surface area contributed by atoms with Gasteiger partial charge in [-0.15, -0.1) is 0 Å². The van der Waals surface area contributed by atoms with E-state index in [4.69, 9.17) is 4.74 Å². The van der Waals surface area contributed by atoms with Crippen LogP contribution in [0.25, 0.3) is 0 Å². The van der Waals surface area contributed by atoms with Gasteiger partial charge >= 0.3 is 0 Å². The van der Waals surface area contributed by atoms with Gasteiger partial charge in [-0.1, -0.05) is 27.2 Å². The second-order valence-corrected chi connectivity index (χ2v) is 5.55. The molecule has 1 aliphatic carbocycles. The summed E-state index contributed by atoms with van der Waals surface area (Å²) in [5.41, 5.74) is 0.182. The Morgan fingerprint density at radius 3 is 2.80 bits per heavy atom. The second-order valence-electron chi connectivity index (χ2n) is 5.55. The lowest BCUT2D eigenvalue weighted by molar-refractivity contribution is -0.0991. The Labute approximate surface area is 93.8 Å². The van der Waals surface area contributed by atoms with Crippen LogP contribution in [0.2, 0.25) is 0 Å². The summed E-state index contributed by atoms with van der Waals surface area (Å²) >= 11 is 0. The summed E-state index contributed by atoms with van der Waals surface area (Å²) in [6.45, 7) is 10.1. The summed E-state index contributed by atoms with van der Waals surface area (Å²) in [6, 6.07) is 0. The van der Waals surface area contributed by atoms with Crippen molar-refractivity contribution < 1.29 is 4.74 Å². The molecule has 2 nitrogen and oxygen atoms in total. The predicted octanol–water partition coefficient (Wildman–Crippen LogP) is 2.44. The first kappa shape index (κ1) is 11.4. The van der Waals surface area contributed by atoms with Gasteiger partial charge in [0.2, 0.25) is 0 Å². The molecular weight excluding hydrogens is 186 g/mol. The fourth-order valence-electron chi connectivity index (χ4n) is 3.74. The molecule has 1 saturated heterocycles. The molecule has 0 amide bonds. The van der Waals surface area contributed by atoms with E-state index in [0.29, 0.717) is 0 Å². The van der Waals surface area contributed by atoms with Gasteiger partial charge in [-0.3, -0.25) is 0 Å². The Hall–Kier alpha value is -0.0800. The second kappa shape index (κ2) is 4.42. The summed E-state index contributed by atoms with van der Waals surface area (Å²) in [5.74, 6) is 2.44. The summed E-state index contributed by atoms with van der Waals surface area (Å²) < 4.78 is 6.15. The molecule has 3 unspecified atom stereocenters. The molecule has 2 aliphatic rings. The van der Waals surface area contributed by atoms with Gasteiger partial charge in [-0.05, 0) is 30.6 Å². The van der Waals surface area contributed by atoms with Gasteiger partial charge in [-0.25, -0.2) is 0 Å². The van der Waals surface area contributed by atoms with E-state index in [1.54, 1.807) is 0 Å². The van der Waals surface area contributed by atoms with Crippen molar-refractivity contribution in [2.45, 2.75) is 45.6 Å². The van der Waals surface area contributed by atoms with Crippen LogP contribution in [0, 0.1) is 17.8 Å². The van der Waals surface area contributed by atoms with E-state index < -0.39 is 0 Å². The van der Waals surface area contributed by atoms with Gasteiger partial charge in [0.15, 0.2) is 0 Å². The number of hydrogen-bond donors (Lipinski definition) is 1. The van der Waals surface area contributed by atoms with Crippen LogP contribution in [0.5, 0.6) is 0 Å². The molecule has 0 aromatic heterocycles. The van der Waals surface area contributed by atoms with Crippen LogP contribution in [0.4, 0.5) is 0 Å². The Morgan fingerprint density at radius 1 is 1.47 bits per heavy atom. The van der Waals surface area contributed by atoms with Crippen molar-refractivity contribution in [3.63, 3.8) is 0 Å². The van der Waals surface area contributed by atoms with Crippen LogP contribution in [0.1, 0.15) is 40.0 Å². The zero-order chi connectivity index (χ0) is 10.9. The van der Waals surface area contributed by atoms with Crippen molar-refractivity contribution in [2.24, 2.45) is 17.8 Å². The maximum atomic E-state index is 6.15. The number of morpholine rings is 1. The molecule has 3 atom stereocenters. The van der Waals surface area contributed by atoms with E-state index in [1.807, 2.05) is 0 Å². The highest BCUT2D eigenvalue weighted by Crippen LogP contribution is 2.48. The SMILES string of the molecule is CCC1C(C(C)C)CCC12CNCCO2. The zero-order valence-electron chi connectivity index (χ0n) is 10.4. The van der Waals surface area contributed by atoms with Crippen LogP contribution in [-0.2, 0) is 4.74 Å². The molecule has 15 heavy (non-hydrogen) atoms. The maximum Gasteiger partial charge on any atom is 0.0837 e. The first-order valence-corrected chi connectivity index (χ1v) is 6.54. The van der Waals surface area contributed by atoms with Gasteiger partial charge in [0.1, 0.15) is 0 Å².